The summed E-state index contributed by atoms with van der Waals surface area (Å²) < 4.78 is 50.9. The molecule has 3 rings (SSSR count). The number of rotatable bonds is 4. The number of hydrogen-bond acceptors (Lipinski definition) is 6. The van der Waals surface area contributed by atoms with Crippen molar-refractivity contribution < 1.29 is 27.2 Å². The molecule has 0 spiro atoms. The smallest absolute Gasteiger partial charge is 0.406 e. The number of morpholine rings is 1. The molecule has 1 saturated heterocycles. The molecule has 0 unspecified atom stereocenters. The zero-order valence-electron chi connectivity index (χ0n) is 12.9. The molecule has 130 valence electrons. The van der Waals surface area contributed by atoms with Gasteiger partial charge >= 0.3 is 6.36 Å². The van der Waals surface area contributed by atoms with Gasteiger partial charge in [-0.3, -0.25) is 4.90 Å². The molecule has 0 saturated carbocycles. The Bertz CT molecular complexity index is 673. The van der Waals surface area contributed by atoms with E-state index in [9.17, 15) is 13.2 Å². The first-order valence-corrected chi connectivity index (χ1v) is 7.38. The number of nitrogens with zero attached hydrogens (tertiary/aromatic N) is 3. The average Bonchev–Trinajstić information content (AvgIpc) is 2.95. The highest BCUT2D eigenvalue weighted by atomic mass is 19.4. The van der Waals surface area contributed by atoms with E-state index >= 15 is 0 Å². The van der Waals surface area contributed by atoms with Gasteiger partial charge in [0.15, 0.2) is 0 Å². The lowest BCUT2D eigenvalue weighted by atomic mass is 10.1. The third kappa shape index (κ3) is 4.45. The fourth-order valence-electron chi connectivity index (χ4n) is 2.50. The van der Waals surface area contributed by atoms with Crippen LogP contribution in [0.3, 0.4) is 0 Å². The van der Waals surface area contributed by atoms with E-state index in [2.05, 4.69) is 19.8 Å². The highest BCUT2D eigenvalue weighted by Crippen LogP contribution is 2.24. The van der Waals surface area contributed by atoms with Gasteiger partial charge in [0, 0.05) is 26.6 Å². The summed E-state index contributed by atoms with van der Waals surface area (Å²) in [4.78, 5) is 6.29. The van der Waals surface area contributed by atoms with Crippen LogP contribution in [-0.4, -0.2) is 41.1 Å². The Morgan fingerprint density at radius 2 is 2.04 bits per heavy atom. The largest absolute Gasteiger partial charge is 0.573 e. The minimum atomic E-state index is -4.68. The third-order valence-electron chi connectivity index (χ3n) is 3.54. The predicted molar refractivity (Wildman–Crippen MR) is 76.1 cm³/mol. The summed E-state index contributed by atoms with van der Waals surface area (Å²) >= 11 is 0. The second kappa shape index (κ2) is 6.78. The molecule has 9 heteroatoms. The second-order valence-electron chi connectivity index (χ2n) is 5.46. The van der Waals surface area contributed by atoms with E-state index in [4.69, 9.17) is 9.26 Å². The molecule has 6 nitrogen and oxygen atoms in total. The number of aromatic nitrogens is 2. The first-order chi connectivity index (χ1) is 11.4. The van der Waals surface area contributed by atoms with E-state index in [0.717, 1.165) is 5.56 Å². The fourth-order valence-corrected chi connectivity index (χ4v) is 2.50. The quantitative estimate of drug-likeness (QED) is 0.851. The fraction of sp³-hybridized carbons (Fsp3) is 0.467. The van der Waals surface area contributed by atoms with Crippen LogP contribution in [0.1, 0.15) is 23.4 Å². The maximum Gasteiger partial charge on any atom is 0.573 e. The van der Waals surface area contributed by atoms with Gasteiger partial charge in [-0.1, -0.05) is 17.3 Å². The molecule has 0 amide bonds. The van der Waals surface area contributed by atoms with Crippen LogP contribution in [0, 0.1) is 6.92 Å². The molecule has 2 heterocycles. The van der Waals surface area contributed by atoms with Crippen LogP contribution in [0.5, 0.6) is 5.75 Å². The van der Waals surface area contributed by atoms with Crippen molar-refractivity contribution in [3.63, 3.8) is 0 Å². The van der Waals surface area contributed by atoms with Crippen molar-refractivity contribution in [2.24, 2.45) is 0 Å². The van der Waals surface area contributed by atoms with Crippen molar-refractivity contribution in [1.82, 2.24) is 15.0 Å². The summed E-state index contributed by atoms with van der Waals surface area (Å²) in [5.41, 5.74) is 0.884. The van der Waals surface area contributed by atoms with Gasteiger partial charge < -0.3 is 14.0 Å². The molecule has 1 aliphatic heterocycles. The number of benzene rings is 1. The number of alkyl halides is 3. The van der Waals surface area contributed by atoms with Gasteiger partial charge in [-0.05, 0) is 17.7 Å². The lowest BCUT2D eigenvalue weighted by molar-refractivity contribution is -0.274. The van der Waals surface area contributed by atoms with Crippen LogP contribution in [-0.2, 0) is 11.3 Å². The van der Waals surface area contributed by atoms with Crippen molar-refractivity contribution in [1.29, 1.82) is 0 Å². The summed E-state index contributed by atoms with van der Waals surface area (Å²) in [6.45, 7) is 4.12. The summed E-state index contributed by atoms with van der Waals surface area (Å²) in [6.07, 6.45) is -4.95. The molecule has 1 aromatic heterocycles. The first-order valence-electron chi connectivity index (χ1n) is 7.38. The molecule has 1 aromatic carbocycles. The highest BCUT2D eigenvalue weighted by molar-refractivity contribution is 5.27. The molecule has 0 aliphatic carbocycles. The molecule has 1 aliphatic rings. The minimum Gasteiger partial charge on any atom is -0.406 e. The molecular weight excluding hydrogens is 327 g/mol. The maximum absolute atomic E-state index is 12.2. The van der Waals surface area contributed by atoms with Crippen molar-refractivity contribution in [2.75, 3.05) is 19.7 Å². The number of hydrogen-bond donors (Lipinski definition) is 0. The molecule has 0 radical (unpaired) electrons. The molecule has 1 fully saturated rings. The normalized spacial score (nSPS) is 19.4. The van der Waals surface area contributed by atoms with Gasteiger partial charge in [-0.25, -0.2) is 0 Å². The van der Waals surface area contributed by atoms with E-state index in [1.165, 1.54) is 12.1 Å². The second-order valence-corrected chi connectivity index (χ2v) is 5.46. The maximum atomic E-state index is 12.2. The van der Waals surface area contributed by atoms with Crippen LogP contribution in [0.25, 0.3) is 0 Å². The van der Waals surface area contributed by atoms with E-state index in [1.54, 1.807) is 19.1 Å². The van der Waals surface area contributed by atoms with Gasteiger partial charge in [0.25, 0.3) is 0 Å². The predicted octanol–water partition coefficient (Wildman–Crippen LogP) is 2.85. The molecule has 0 N–H and O–H groups in total. The molecular formula is C15H16F3N3O3. The van der Waals surface area contributed by atoms with Crippen LogP contribution in [0.2, 0.25) is 0 Å². The van der Waals surface area contributed by atoms with Crippen molar-refractivity contribution in [2.45, 2.75) is 25.9 Å². The van der Waals surface area contributed by atoms with Crippen molar-refractivity contribution in [3.8, 4) is 5.75 Å². The summed E-state index contributed by atoms with van der Waals surface area (Å²) in [7, 11) is 0. The Morgan fingerprint density at radius 1 is 1.29 bits per heavy atom. The van der Waals surface area contributed by atoms with Gasteiger partial charge in [0.2, 0.25) is 11.7 Å². The van der Waals surface area contributed by atoms with Crippen LogP contribution in [0.15, 0.2) is 28.8 Å². The topological polar surface area (TPSA) is 60.6 Å². The lowest BCUT2D eigenvalue weighted by Gasteiger charge is -2.31. The Hall–Kier alpha value is -2.13. The molecule has 0 bridgehead atoms. The average molecular weight is 343 g/mol. The molecule has 24 heavy (non-hydrogen) atoms. The van der Waals surface area contributed by atoms with E-state index in [-0.39, 0.29) is 11.9 Å². The van der Waals surface area contributed by atoms with Gasteiger partial charge in [0.1, 0.15) is 11.9 Å². The first kappa shape index (κ1) is 16.7. The third-order valence-corrected chi connectivity index (χ3v) is 3.54. The van der Waals surface area contributed by atoms with E-state index < -0.39 is 6.36 Å². The van der Waals surface area contributed by atoms with E-state index in [1.807, 2.05) is 0 Å². The number of ether oxygens (including phenoxy) is 2. The summed E-state index contributed by atoms with van der Waals surface area (Å²) in [6, 6.07) is 5.85. The number of aryl methyl sites for hydroxylation is 1. The zero-order valence-corrected chi connectivity index (χ0v) is 12.9. The Kier molecular flexibility index (Phi) is 4.72. The SMILES string of the molecule is Cc1nc([C@H]2CN(Cc3ccc(OC(F)(F)F)cc3)CCO2)no1. The van der Waals surface area contributed by atoms with Gasteiger partial charge in [-0.2, -0.15) is 4.98 Å². The Morgan fingerprint density at radius 3 is 2.67 bits per heavy atom. The van der Waals surface area contributed by atoms with Crippen LogP contribution < -0.4 is 4.74 Å². The van der Waals surface area contributed by atoms with Gasteiger partial charge in [-0.15, -0.1) is 13.2 Å². The zero-order chi connectivity index (χ0) is 17.2. The van der Waals surface area contributed by atoms with Crippen molar-refractivity contribution in [3.05, 3.63) is 41.5 Å². The van der Waals surface area contributed by atoms with Crippen LogP contribution >= 0.6 is 0 Å². The Labute approximate surface area is 136 Å². The Balaban J connectivity index is 1.59. The minimum absolute atomic E-state index is 0.228. The van der Waals surface area contributed by atoms with E-state index in [0.29, 0.717) is 38.0 Å². The molecule has 1 atom stereocenters. The van der Waals surface area contributed by atoms with Crippen molar-refractivity contribution >= 4 is 0 Å². The van der Waals surface area contributed by atoms with Gasteiger partial charge in [0.05, 0.1) is 6.61 Å². The summed E-state index contributed by atoms with van der Waals surface area (Å²) in [5, 5.41) is 3.87. The number of halogens is 3. The monoisotopic (exact) mass is 343 g/mol. The van der Waals surface area contributed by atoms with Crippen LogP contribution in [0.4, 0.5) is 13.2 Å². The summed E-state index contributed by atoms with van der Waals surface area (Å²) in [5.74, 6) is 0.755. The lowest BCUT2D eigenvalue weighted by Crippen LogP contribution is -2.38. The molecule has 2 aromatic rings. The standard InChI is InChI=1S/C15H16F3N3O3/c1-10-19-14(20-24-10)13-9-21(6-7-22-13)8-11-2-4-12(5-3-11)23-15(16,17)18/h2-5,13H,6-9H2,1H3/t13-/m1/s1. The highest BCUT2D eigenvalue weighted by Gasteiger charge is 2.31.